The maximum absolute atomic E-state index is 13.1. The number of piperidine rings is 1. The number of nitrogens with zero attached hydrogens (tertiary/aromatic N) is 2. The molecule has 0 aromatic heterocycles. The van der Waals surface area contributed by atoms with Crippen molar-refractivity contribution in [1.29, 1.82) is 0 Å². The Bertz CT molecular complexity index is 778. The van der Waals surface area contributed by atoms with Crippen LogP contribution in [-0.4, -0.2) is 61.1 Å². The molecule has 2 aromatic carbocycles. The lowest BCUT2D eigenvalue weighted by atomic mass is 9.89. The number of benzene rings is 2. The van der Waals surface area contributed by atoms with Crippen molar-refractivity contribution in [3.8, 4) is 11.1 Å². The third-order valence-electron chi connectivity index (χ3n) is 6.35. The van der Waals surface area contributed by atoms with Gasteiger partial charge in [-0.1, -0.05) is 42.5 Å². The number of carbonyl (C=O) groups excluding carboxylic acids is 1. The number of morpholine rings is 1. The van der Waals surface area contributed by atoms with E-state index < -0.39 is 0 Å². The van der Waals surface area contributed by atoms with Gasteiger partial charge in [0.15, 0.2) is 0 Å². The van der Waals surface area contributed by atoms with Gasteiger partial charge in [-0.15, -0.1) is 0 Å². The molecule has 1 amide bonds. The van der Waals surface area contributed by atoms with Gasteiger partial charge >= 0.3 is 0 Å². The summed E-state index contributed by atoms with van der Waals surface area (Å²) in [6, 6.07) is 18.9. The zero-order valence-electron chi connectivity index (χ0n) is 16.7. The largest absolute Gasteiger partial charge is 0.379 e. The summed E-state index contributed by atoms with van der Waals surface area (Å²) >= 11 is 0. The molecule has 0 spiro atoms. The van der Waals surface area contributed by atoms with Gasteiger partial charge in [0.2, 0.25) is 0 Å². The molecular formula is C24H30N2O2. The summed E-state index contributed by atoms with van der Waals surface area (Å²) in [5.41, 5.74) is 3.04. The van der Waals surface area contributed by atoms with Crippen LogP contribution < -0.4 is 0 Å². The second-order valence-electron chi connectivity index (χ2n) is 7.97. The minimum atomic E-state index is 0.162. The smallest absolute Gasteiger partial charge is 0.253 e. The van der Waals surface area contributed by atoms with E-state index in [-0.39, 0.29) is 5.91 Å². The van der Waals surface area contributed by atoms with Crippen molar-refractivity contribution in [2.24, 2.45) is 5.92 Å². The van der Waals surface area contributed by atoms with Gasteiger partial charge in [0.05, 0.1) is 13.2 Å². The Morgan fingerprint density at radius 3 is 2.32 bits per heavy atom. The van der Waals surface area contributed by atoms with Crippen molar-refractivity contribution in [1.82, 2.24) is 9.80 Å². The van der Waals surface area contributed by atoms with E-state index in [2.05, 4.69) is 30.0 Å². The van der Waals surface area contributed by atoms with Gasteiger partial charge < -0.3 is 9.64 Å². The highest BCUT2D eigenvalue weighted by Crippen LogP contribution is 2.26. The highest BCUT2D eigenvalue weighted by molar-refractivity contribution is 5.95. The standard InChI is InChI=1S/C24H30N2O2/c1-19(25-14-16-28-17-15-25)20-10-12-26(13-11-20)24(27)23-9-5-8-22(18-23)21-6-3-2-4-7-21/h2-9,18-20H,10-17H2,1H3. The number of likely N-dealkylation sites (tertiary alicyclic amines) is 1. The molecule has 2 aromatic rings. The Hall–Kier alpha value is -2.17. The topological polar surface area (TPSA) is 32.8 Å². The Morgan fingerprint density at radius 1 is 0.929 bits per heavy atom. The molecule has 4 nitrogen and oxygen atoms in total. The Kier molecular flexibility index (Phi) is 6.08. The first-order chi connectivity index (χ1) is 13.7. The van der Waals surface area contributed by atoms with Crippen LogP contribution in [-0.2, 0) is 4.74 Å². The first kappa shape index (κ1) is 19.2. The van der Waals surface area contributed by atoms with Gasteiger partial charge in [-0.05, 0) is 48.9 Å². The second kappa shape index (κ2) is 8.89. The van der Waals surface area contributed by atoms with E-state index in [9.17, 15) is 4.79 Å². The lowest BCUT2D eigenvalue weighted by molar-refractivity contribution is -0.000950. The Morgan fingerprint density at radius 2 is 1.61 bits per heavy atom. The van der Waals surface area contributed by atoms with Crippen LogP contribution in [0.4, 0.5) is 0 Å². The lowest BCUT2D eigenvalue weighted by Gasteiger charge is -2.41. The maximum Gasteiger partial charge on any atom is 0.253 e. The quantitative estimate of drug-likeness (QED) is 0.808. The predicted molar refractivity (Wildman–Crippen MR) is 112 cm³/mol. The fourth-order valence-electron chi connectivity index (χ4n) is 4.51. The molecule has 4 rings (SSSR count). The van der Waals surface area contributed by atoms with Crippen molar-refractivity contribution in [3.05, 3.63) is 60.2 Å². The summed E-state index contributed by atoms with van der Waals surface area (Å²) in [7, 11) is 0. The van der Waals surface area contributed by atoms with Crippen LogP contribution in [0.5, 0.6) is 0 Å². The average Bonchev–Trinajstić information content (AvgIpc) is 2.79. The number of hydrogen-bond donors (Lipinski definition) is 0. The number of ether oxygens (including phenoxy) is 1. The van der Waals surface area contributed by atoms with Gasteiger partial charge in [-0.2, -0.15) is 0 Å². The van der Waals surface area contributed by atoms with E-state index >= 15 is 0 Å². The predicted octanol–water partition coefficient (Wildman–Crippen LogP) is 3.93. The molecule has 0 N–H and O–H groups in total. The van der Waals surface area contributed by atoms with E-state index in [0.29, 0.717) is 12.0 Å². The van der Waals surface area contributed by atoms with Crippen molar-refractivity contribution < 1.29 is 9.53 Å². The number of carbonyl (C=O) groups is 1. The van der Waals surface area contributed by atoms with Crippen LogP contribution in [0, 0.1) is 5.92 Å². The molecule has 0 bridgehead atoms. The van der Waals surface area contributed by atoms with Crippen LogP contribution >= 0.6 is 0 Å². The van der Waals surface area contributed by atoms with E-state index in [4.69, 9.17) is 4.74 Å². The van der Waals surface area contributed by atoms with Crippen LogP contribution in [0.2, 0.25) is 0 Å². The van der Waals surface area contributed by atoms with Crippen molar-refractivity contribution >= 4 is 5.91 Å². The van der Waals surface area contributed by atoms with Crippen LogP contribution in [0.25, 0.3) is 11.1 Å². The summed E-state index contributed by atoms with van der Waals surface area (Å²) in [4.78, 5) is 17.6. The van der Waals surface area contributed by atoms with Crippen LogP contribution in [0.1, 0.15) is 30.1 Å². The molecule has 0 aliphatic carbocycles. The number of amides is 1. The van der Waals surface area contributed by atoms with Gasteiger partial charge in [0.25, 0.3) is 5.91 Å². The molecule has 148 valence electrons. The molecule has 2 aliphatic rings. The summed E-state index contributed by atoms with van der Waals surface area (Å²) in [6.07, 6.45) is 2.17. The summed E-state index contributed by atoms with van der Waals surface area (Å²) < 4.78 is 5.48. The highest BCUT2D eigenvalue weighted by atomic mass is 16.5. The molecule has 0 radical (unpaired) electrons. The maximum atomic E-state index is 13.1. The molecule has 2 saturated heterocycles. The molecule has 0 saturated carbocycles. The van der Waals surface area contributed by atoms with Crippen molar-refractivity contribution in [2.75, 3.05) is 39.4 Å². The van der Waals surface area contributed by atoms with E-state index in [1.54, 1.807) is 0 Å². The first-order valence-electron chi connectivity index (χ1n) is 10.5. The first-order valence-corrected chi connectivity index (χ1v) is 10.5. The third kappa shape index (κ3) is 4.29. The molecule has 2 heterocycles. The molecule has 1 unspecified atom stereocenters. The van der Waals surface area contributed by atoms with Crippen LogP contribution in [0.3, 0.4) is 0 Å². The number of rotatable bonds is 4. The normalized spacial score (nSPS) is 20.1. The minimum Gasteiger partial charge on any atom is -0.379 e. The lowest BCUT2D eigenvalue weighted by Crippen LogP contribution is -2.49. The summed E-state index contributed by atoms with van der Waals surface area (Å²) in [5, 5.41) is 0. The molecule has 28 heavy (non-hydrogen) atoms. The SMILES string of the molecule is CC(C1CCN(C(=O)c2cccc(-c3ccccc3)c2)CC1)N1CCOCC1. The third-order valence-corrected chi connectivity index (χ3v) is 6.35. The average molecular weight is 379 g/mol. The summed E-state index contributed by atoms with van der Waals surface area (Å²) in [5.74, 6) is 0.827. The van der Waals surface area contributed by atoms with Gasteiger partial charge in [0, 0.05) is 37.8 Å². The van der Waals surface area contributed by atoms with E-state index in [1.165, 1.54) is 0 Å². The van der Waals surface area contributed by atoms with Crippen LogP contribution in [0.15, 0.2) is 54.6 Å². The molecule has 4 heteroatoms. The van der Waals surface area contributed by atoms with E-state index in [0.717, 1.165) is 68.9 Å². The number of hydrogen-bond acceptors (Lipinski definition) is 3. The Balaban J connectivity index is 1.38. The highest BCUT2D eigenvalue weighted by Gasteiger charge is 2.30. The molecule has 1 atom stereocenters. The fourth-order valence-corrected chi connectivity index (χ4v) is 4.51. The minimum absolute atomic E-state index is 0.162. The fraction of sp³-hybridized carbons (Fsp3) is 0.458. The molecule has 2 fully saturated rings. The second-order valence-corrected chi connectivity index (χ2v) is 7.97. The molecular weight excluding hydrogens is 348 g/mol. The van der Waals surface area contributed by atoms with E-state index in [1.807, 2.05) is 41.3 Å². The van der Waals surface area contributed by atoms with Gasteiger partial charge in [-0.25, -0.2) is 0 Å². The zero-order valence-corrected chi connectivity index (χ0v) is 16.7. The monoisotopic (exact) mass is 378 g/mol. The Labute approximate surface area is 168 Å². The zero-order chi connectivity index (χ0) is 19.3. The van der Waals surface area contributed by atoms with Gasteiger partial charge in [-0.3, -0.25) is 9.69 Å². The molecule has 2 aliphatic heterocycles. The van der Waals surface area contributed by atoms with Crippen molar-refractivity contribution in [2.45, 2.75) is 25.8 Å². The van der Waals surface area contributed by atoms with Crippen molar-refractivity contribution in [3.63, 3.8) is 0 Å². The summed E-state index contributed by atoms with van der Waals surface area (Å²) in [6.45, 7) is 7.82. The van der Waals surface area contributed by atoms with Gasteiger partial charge in [0.1, 0.15) is 0 Å².